The largest absolute Gasteiger partial charge is 0.388 e. The highest BCUT2D eigenvalue weighted by Crippen LogP contribution is 2.30. The van der Waals surface area contributed by atoms with E-state index in [0.717, 1.165) is 25.9 Å². The van der Waals surface area contributed by atoms with Gasteiger partial charge >= 0.3 is 0 Å². The van der Waals surface area contributed by atoms with Crippen molar-refractivity contribution < 1.29 is 5.11 Å². The van der Waals surface area contributed by atoms with E-state index in [-0.39, 0.29) is 11.8 Å². The zero-order valence-electron chi connectivity index (χ0n) is 8.38. The van der Waals surface area contributed by atoms with Crippen LogP contribution >= 0.6 is 0 Å². The van der Waals surface area contributed by atoms with Crippen molar-refractivity contribution in [1.82, 2.24) is 5.32 Å². The summed E-state index contributed by atoms with van der Waals surface area (Å²) < 4.78 is 0. The lowest BCUT2D eigenvalue weighted by molar-refractivity contribution is -0.0381. The van der Waals surface area contributed by atoms with Crippen LogP contribution in [0.1, 0.15) is 26.7 Å². The molecule has 3 atom stereocenters. The van der Waals surface area contributed by atoms with E-state index >= 15 is 0 Å². The van der Waals surface area contributed by atoms with E-state index in [9.17, 15) is 5.11 Å². The lowest BCUT2D eigenvalue weighted by atomic mass is 9.76. The normalized spacial score (nSPS) is 30.2. The van der Waals surface area contributed by atoms with E-state index in [1.807, 2.05) is 0 Å². The molecule has 0 aromatic rings. The summed E-state index contributed by atoms with van der Waals surface area (Å²) in [6.45, 7) is 5.43. The minimum Gasteiger partial charge on any atom is -0.388 e. The van der Waals surface area contributed by atoms with Crippen molar-refractivity contribution in [3.05, 3.63) is 0 Å². The summed E-state index contributed by atoms with van der Waals surface area (Å²) in [5, 5.41) is 22.2. The summed E-state index contributed by atoms with van der Waals surface area (Å²) >= 11 is 0. The summed E-state index contributed by atoms with van der Waals surface area (Å²) in [6.07, 6.45) is 2.12. The Labute approximate surface area is 79.8 Å². The average molecular weight is 182 g/mol. The molecule has 0 aliphatic carbocycles. The number of nitriles is 1. The Hall–Kier alpha value is -0.590. The van der Waals surface area contributed by atoms with Gasteiger partial charge in [0.2, 0.25) is 0 Å². The third kappa shape index (κ3) is 2.20. The van der Waals surface area contributed by atoms with Crippen LogP contribution in [0.5, 0.6) is 0 Å². The molecule has 1 rings (SSSR count). The Morgan fingerprint density at radius 1 is 1.69 bits per heavy atom. The second-order valence-electron chi connectivity index (χ2n) is 4.12. The molecular weight excluding hydrogens is 164 g/mol. The Morgan fingerprint density at radius 2 is 2.38 bits per heavy atom. The van der Waals surface area contributed by atoms with Crippen molar-refractivity contribution in [2.45, 2.75) is 32.3 Å². The van der Waals surface area contributed by atoms with Crippen LogP contribution in [0.4, 0.5) is 0 Å². The molecule has 0 spiro atoms. The smallest absolute Gasteiger partial charge is 0.0814 e. The molecule has 74 valence electrons. The first-order chi connectivity index (χ1) is 6.09. The minimum absolute atomic E-state index is 0.218. The van der Waals surface area contributed by atoms with Gasteiger partial charge in [-0.05, 0) is 33.2 Å². The van der Waals surface area contributed by atoms with Gasteiger partial charge in [0, 0.05) is 12.5 Å². The van der Waals surface area contributed by atoms with Gasteiger partial charge < -0.3 is 10.4 Å². The first-order valence-corrected chi connectivity index (χ1v) is 4.91. The number of hydrogen-bond acceptors (Lipinski definition) is 3. The van der Waals surface area contributed by atoms with Crippen LogP contribution in [0.15, 0.2) is 0 Å². The molecule has 13 heavy (non-hydrogen) atoms. The molecule has 1 aliphatic rings. The summed E-state index contributed by atoms with van der Waals surface area (Å²) in [6, 6.07) is 2.12. The summed E-state index contributed by atoms with van der Waals surface area (Å²) in [4.78, 5) is 0. The first kappa shape index (κ1) is 10.5. The first-order valence-electron chi connectivity index (χ1n) is 4.91. The maximum atomic E-state index is 10.1. The van der Waals surface area contributed by atoms with Crippen molar-refractivity contribution in [1.29, 1.82) is 5.26 Å². The maximum absolute atomic E-state index is 10.1. The topological polar surface area (TPSA) is 56.0 Å². The van der Waals surface area contributed by atoms with Gasteiger partial charge in [0.25, 0.3) is 0 Å². The Bertz CT molecular complexity index is 201. The molecule has 0 saturated carbocycles. The van der Waals surface area contributed by atoms with Gasteiger partial charge in [0.15, 0.2) is 0 Å². The quantitative estimate of drug-likeness (QED) is 0.667. The summed E-state index contributed by atoms with van der Waals surface area (Å²) in [5.41, 5.74) is -0.845. The second kappa shape index (κ2) is 4.08. The predicted octanol–water partition coefficient (Wildman–Crippen LogP) is 0.897. The van der Waals surface area contributed by atoms with Gasteiger partial charge in [-0.2, -0.15) is 5.26 Å². The van der Waals surface area contributed by atoms with E-state index in [1.165, 1.54) is 0 Å². The second-order valence-corrected chi connectivity index (χ2v) is 4.12. The number of piperidine rings is 1. The van der Waals surface area contributed by atoms with Gasteiger partial charge in [0.05, 0.1) is 17.6 Å². The standard InChI is InChI=1S/C10H18N2O/c1-8(6-11)10(2,13)9-4-3-5-12-7-9/h8-9,12-13H,3-5,7H2,1-2H3. The van der Waals surface area contributed by atoms with E-state index in [1.54, 1.807) is 13.8 Å². The maximum Gasteiger partial charge on any atom is 0.0814 e. The third-order valence-electron chi connectivity index (χ3n) is 3.19. The zero-order chi connectivity index (χ0) is 9.90. The van der Waals surface area contributed by atoms with Crippen LogP contribution in [-0.4, -0.2) is 23.8 Å². The van der Waals surface area contributed by atoms with E-state index in [0.29, 0.717) is 0 Å². The molecule has 1 heterocycles. The Balaban J connectivity index is 2.62. The molecule has 2 N–H and O–H groups in total. The predicted molar refractivity (Wildman–Crippen MR) is 51.0 cm³/mol. The third-order valence-corrected chi connectivity index (χ3v) is 3.19. The van der Waals surface area contributed by atoms with E-state index in [4.69, 9.17) is 5.26 Å². The average Bonchev–Trinajstić information content (AvgIpc) is 2.18. The van der Waals surface area contributed by atoms with Crippen molar-refractivity contribution in [3.8, 4) is 6.07 Å². The van der Waals surface area contributed by atoms with Crippen molar-refractivity contribution in [2.75, 3.05) is 13.1 Å². The molecular formula is C10H18N2O. The molecule has 1 aliphatic heterocycles. The molecule has 3 nitrogen and oxygen atoms in total. The molecule has 0 amide bonds. The fraction of sp³-hybridized carbons (Fsp3) is 0.900. The molecule has 0 bridgehead atoms. The van der Waals surface area contributed by atoms with Crippen LogP contribution in [0.25, 0.3) is 0 Å². The van der Waals surface area contributed by atoms with Gasteiger partial charge in [-0.25, -0.2) is 0 Å². The number of nitrogens with zero attached hydrogens (tertiary/aromatic N) is 1. The lowest BCUT2D eigenvalue weighted by Gasteiger charge is -2.37. The number of hydrogen-bond donors (Lipinski definition) is 2. The molecule has 0 aromatic carbocycles. The van der Waals surface area contributed by atoms with Crippen LogP contribution in [-0.2, 0) is 0 Å². The van der Waals surface area contributed by atoms with Gasteiger partial charge in [-0.15, -0.1) is 0 Å². The number of nitrogens with one attached hydrogen (secondary N) is 1. The molecule has 0 radical (unpaired) electrons. The van der Waals surface area contributed by atoms with Crippen molar-refractivity contribution >= 4 is 0 Å². The zero-order valence-corrected chi connectivity index (χ0v) is 8.38. The van der Waals surface area contributed by atoms with Crippen molar-refractivity contribution in [2.24, 2.45) is 11.8 Å². The lowest BCUT2D eigenvalue weighted by Crippen LogP contribution is -2.47. The molecule has 1 saturated heterocycles. The Kier molecular flexibility index (Phi) is 3.29. The Morgan fingerprint density at radius 3 is 2.85 bits per heavy atom. The molecule has 0 aromatic heterocycles. The number of rotatable bonds is 2. The highest BCUT2D eigenvalue weighted by molar-refractivity contribution is 4.98. The van der Waals surface area contributed by atoms with Gasteiger partial charge in [-0.1, -0.05) is 0 Å². The van der Waals surface area contributed by atoms with E-state index < -0.39 is 5.60 Å². The molecule has 3 heteroatoms. The highest BCUT2D eigenvalue weighted by Gasteiger charge is 2.37. The van der Waals surface area contributed by atoms with Crippen LogP contribution in [0.3, 0.4) is 0 Å². The fourth-order valence-electron chi connectivity index (χ4n) is 1.83. The molecule has 1 fully saturated rings. The fourth-order valence-corrected chi connectivity index (χ4v) is 1.83. The molecule has 3 unspecified atom stereocenters. The van der Waals surface area contributed by atoms with Crippen LogP contribution in [0, 0.1) is 23.2 Å². The monoisotopic (exact) mass is 182 g/mol. The SMILES string of the molecule is CC(C#N)C(C)(O)C1CCCNC1. The van der Waals surface area contributed by atoms with Crippen LogP contribution in [0.2, 0.25) is 0 Å². The highest BCUT2D eigenvalue weighted by atomic mass is 16.3. The van der Waals surface area contributed by atoms with Gasteiger partial charge in [0.1, 0.15) is 0 Å². The number of aliphatic hydroxyl groups is 1. The summed E-state index contributed by atoms with van der Waals surface area (Å²) in [5.74, 6) is -0.0756. The minimum atomic E-state index is -0.845. The summed E-state index contributed by atoms with van der Waals surface area (Å²) in [7, 11) is 0. The van der Waals surface area contributed by atoms with Crippen molar-refractivity contribution in [3.63, 3.8) is 0 Å². The van der Waals surface area contributed by atoms with Gasteiger partial charge in [-0.3, -0.25) is 0 Å². The van der Waals surface area contributed by atoms with Crippen LogP contribution < -0.4 is 5.32 Å². The van der Waals surface area contributed by atoms with E-state index in [2.05, 4.69) is 11.4 Å².